The van der Waals surface area contributed by atoms with Crippen molar-refractivity contribution in [3.05, 3.63) is 46.6 Å². The number of nitrogens with one attached hydrogen (secondary N) is 2. The van der Waals surface area contributed by atoms with Crippen molar-refractivity contribution in [2.45, 2.75) is 60.1 Å². The monoisotopic (exact) mass is 474 g/mol. The summed E-state index contributed by atoms with van der Waals surface area (Å²) in [4.78, 5) is 33.0. The predicted molar refractivity (Wildman–Crippen MR) is 125 cm³/mol. The Balaban J connectivity index is 2.49. The molecule has 6 nitrogen and oxygen atoms in total. The minimum atomic E-state index is -4.42. The van der Waals surface area contributed by atoms with Crippen molar-refractivity contribution in [2.75, 3.05) is 10.6 Å². The fraction of sp³-hybridized carbons (Fsp3) is 0.440. The van der Waals surface area contributed by atoms with Gasteiger partial charge in [-0.1, -0.05) is 51.7 Å². The van der Waals surface area contributed by atoms with Gasteiger partial charge in [0, 0.05) is 11.8 Å². The average Bonchev–Trinajstić information content (AvgIpc) is 2.72. The lowest BCUT2D eigenvalue weighted by atomic mass is 9.84. The molecule has 0 fully saturated rings. The molecule has 9 heteroatoms. The molecule has 0 atom stereocenters. The topological polar surface area (TPSA) is 84.0 Å². The quantitative estimate of drug-likeness (QED) is 0.575. The van der Waals surface area contributed by atoms with E-state index < -0.39 is 17.2 Å². The number of aryl methyl sites for hydroxylation is 1. The zero-order chi connectivity index (χ0) is 25.8. The van der Waals surface area contributed by atoms with Gasteiger partial charge < -0.3 is 5.32 Å². The van der Waals surface area contributed by atoms with Crippen LogP contribution in [0.1, 0.15) is 63.9 Å². The highest BCUT2D eigenvalue weighted by Gasteiger charge is 2.31. The molecular formula is C25H29F3N4O2. The molecule has 182 valence electrons. The van der Waals surface area contributed by atoms with Crippen LogP contribution in [0.5, 0.6) is 0 Å². The molecule has 2 aromatic rings. The van der Waals surface area contributed by atoms with Gasteiger partial charge >= 0.3 is 6.18 Å². The summed E-state index contributed by atoms with van der Waals surface area (Å²) in [6.45, 7) is 12.1. The van der Waals surface area contributed by atoms with Gasteiger partial charge in [0.25, 0.3) is 0 Å². The van der Waals surface area contributed by atoms with E-state index in [0.717, 1.165) is 12.1 Å². The van der Waals surface area contributed by atoms with Crippen LogP contribution in [-0.4, -0.2) is 21.8 Å². The smallest absolute Gasteiger partial charge is 0.309 e. The lowest BCUT2D eigenvalue weighted by Gasteiger charge is -2.19. The Bertz CT molecular complexity index is 1130. The summed E-state index contributed by atoms with van der Waals surface area (Å²) < 4.78 is 38.7. The van der Waals surface area contributed by atoms with Crippen LogP contribution in [-0.2, 0) is 21.2 Å². The number of aromatic nitrogens is 2. The predicted octanol–water partition coefficient (Wildman–Crippen LogP) is 5.32. The summed E-state index contributed by atoms with van der Waals surface area (Å²) in [6, 6.07) is 4.83. The lowest BCUT2D eigenvalue weighted by Crippen LogP contribution is -2.23. The molecule has 2 N–H and O–H groups in total. The molecule has 0 bridgehead atoms. The number of amides is 2. The van der Waals surface area contributed by atoms with Crippen molar-refractivity contribution in [1.29, 1.82) is 0 Å². The van der Waals surface area contributed by atoms with E-state index in [-0.39, 0.29) is 35.4 Å². The van der Waals surface area contributed by atoms with Gasteiger partial charge in [-0.3, -0.25) is 14.9 Å². The minimum Gasteiger partial charge on any atom is -0.309 e. The summed E-state index contributed by atoms with van der Waals surface area (Å²) >= 11 is 0. The minimum absolute atomic E-state index is 0.0443. The van der Waals surface area contributed by atoms with Gasteiger partial charge in [0.05, 0.1) is 22.2 Å². The van der Waals surface area contributed by atoms with Gasteiger partial charge in [0.2, 0.25) is 17.8 Å². The van der Waals surface area contributed by atoms with Crippen LogP contribution >= 0.6 is 0 Å². The maximum atomic E-state index is 12.9. The number of carbonyl (C=O) groups excluding carboxylic acids is 2. The first-order chi connectivity index (χ1) is 15.6. The van der Waals surface area contributed by atoms with Crippen LogP contribution in [0.2, 0.25) is 0 Å². The lowest BCUT2D eigenvalue weighted by molar-refractivity contribution is -0.137. The fourth-order valence-electron chi connectivity index (χ4n) is 2.75. The van der Waals surface area contributed by atoms with Gasteiger partial charge in [-0.05, 0) is 38.5 Å². The first-order valence-corrected chi connectivity index (χ1v) is 10.8. The van der Waals surface area contributed by atoms with Crippen LogP contribution in [0.25, 0.3) is 0 Å². The summed E-state index contributed by atoms with van der Waals surface area (Å²) in [5.74, 6) is 5.07. The second-order valence-corrected chi connectivity index (χ2v) is 9.09. The number of carbonyl (C=O) groups is 2. The highest BCUT2D eigenvalue weighted by atomic mass is 19.4. The number of rotatable bonds is 5. The zero-order valence-corrected chi connectivity index (χ0v) is 20.3. The molecule has 0 aliphatic rings. The third kappa shape index (κ3) is 6.80. The van der Waals surface area contributed by atoms with Gasteiger partial charge in [0.15, 0.2) is 5.82 Å². The molecule has 0 saturated heterocycles. The second-order valence-electron chi connectivity index (χ2n) is 9.09. The van der Waals surface area contributed by atoms with Crippen molar-refractivity contribution < 1.29 is 22.8 Å². The molecule has 1 aromatic carbocycles. The van der Waals surface area contributed by atoms with E-state index in [1.54, 1.807) is 48.5 Å². The maximum Gasteiger partial charge on any atom is 0.416 e. The number of hydrogen-bond acceptors (Lipinski definition) is 4. The maximum absolute atomic E-state index is 12.9. The number of benzene rings is 1. The first-order valence-electron chi connectivity index (χ1n) is 10.8. The molecule has 0 saturated carbocycles. The summed E-state index contributed by atoms with van der Waals surface area (Å²) in [5.41, 5.74) is -0.150. The van der Waals surface area contributed by atoms with E-state index in [1.165, 1.54) is 12.1 Å². The molecule has 2 amide bonds. The molecular weight excluding hydrogens is 445 g/mol. The summed E-state index contributed by atoms with van der Waals surface area (Å²) in [7, 11) is 0. The van der Waals surface area contributed by atoms with E-state index in [9.17, 15) is 22.8 Å². The van der Waals surface area contributed by atoms with E-state index in [4.69, 9.17) is 0 Å². The van der Waals surface area contributed by atoms with Crippen molar-refractivity contribution in [3.63, 3.8) is 0 Å². The number of anilines is 2. The Morgan fingerprint density at radius 2 is 1.38 bits per heavy atom. The number of halogens is 3. The summed E-state index contributed by atoms with van der Waals surface area (Å²) in [6.07, 6.45) is -4.42. The number of hydrogen-bond donors (Lipinski definition) is 2. The van der Waals surface area contributed by atoms with Crippen molar-refractivity contribution in [1.82, 2.24) is 9.97 Å². The standard InChI is InChI=1S/C25H29F3N4O2/c1-14(2)21(33)30-20-19(16(5)29-23(31-20)32-22(34)15(3)4)12-13-24(6,7)17-8-10-18(11-9-17)25(26,27)28/h8-11,14-15H,1-7H3,(H2,29,30,31,32,33,34). The normalized spacial score (nSPS) is 11.8. The van der Waals surface area contributed by atoms with E-state index in [0.29, 0.717) is 16.8 Å². The second kappa shape index (κ2) is 10.2. The van der Waals surface area contributed by atoms with Crippen LogP contribution in [0.4, 0.5) is 24.9 Å². The molecule has 1 aromatic heterocycles. The molecule has 1 heterocycles. The number of nitrogens with zero attached hydrogens (tertiary/aromatic N) is 2. The van der Waals surface area contributed by atoms with Crippen molar-refractivity contribution in [3.8, 4) is 11.8 Å². The molecule has 0 aliphatic carbocycles. The Hall–Kier alpha value is -3.41. The van der Waals surface area contributed by atoms with Crippen LogP contribution in [0.15, 0.2) is 24.3 Å². The van der Waals surface area contributed by atoms with Gasteiger partial charge in [-0.15, -0.1) is 0 Å². The van der Waals surface area contributed by atoms with E-state index in [1.807, 2.05) is 0 Å². The highest BCUT2D eigenvalue weighted by Crippen LogP contribution is 2.31. The van der Waals surface area contributed by atoms with E-state index in [2.05, 4.69) is 32.4 Å². The van der Waals surface area contributed by atoms with Gasteiger partial charge in [-0.25, -0.2) is 4.98 Å². The third-order valence-corrected chi connectivity index (χ3v) is 5.05. The molecule has 0 radical (unpaired) electrons. The molecule has 0 spiro atoms. The Morgan fingerprint density at radius 3 is 1.88 bits per heavy atom. The van der Waals surface area contributed by atoms with Gasteiger partial charge in [-0.2, -0.15) is 18.2 Å². The Kier molecular flexibility index (Phi) is 8.09. The molecule has 0 unspecified atom stereocenters. The van der Waals surface area contributed by atoms with Crippen LogP contribution in [0.3, 0.4) is 0 Å². The number of alkyl halides is 3. The van der Waals surface area contributed by atoms with E-state index >= 15 is 0 Å². The zero-order valence-electron chi connectivity index (χ0n) is 20.3. The fourth-order valence-corrected chi connectivity index (χ4v) is 2.75. The largest absolute Gasteiger partial charge is 0.416 e. The SMILES string of the molecule is Cc1nc(NC(=O)C(C)C)nc(NC(=O)C(C)C)c1C#CC(C)(C)c1ccc(C(F)(F)F)cc1. The molecule has 34 heavy (non-hydrogen) atoms. The van der Waals surface area contributed by atoms with Crippen molar-refractivity contribution in [2.24, 2.45) is 11.8 Å². The average molecular weight is 475 g/mol. The third-order valence-electron chi connectivity index (χ3n) is 5.05. The Labute approximate surface area is 197 Å². The summed E-state index contributed by atoms with van der Waals surface area (Å²) in [5, 5.41) is 5.34. The van der Waals surface area contributed by atoms with Crippen molar-refractivity contribution >= 4 is 23.6 Å². The molecule has 2 rings (SSSR count). The van der Waals surface area contributed by atoms with Gasteiger partial charge in [0.1, 0.15) is 0 Å². The Morgan fingerprint density at radius 1 is 0.882 bits per heavy atom. The van der Waals surface area contributed by atoms with Crippen LogP contribution in [0, 0.1) is 30.6 Å². The highest BCUT2D eigenvalue weighted by molar-refractivity contribution is 5.94. The van der Waals surface area contributed by atoms with Crippen LogP contribution < -0.4 is 10.6 Å². The molecule has 0 aliphatic heterocycles. The first kappa shape index (κ1) is 26.8.